The number of alkyl carbamates (subject to hydrolysis) is 2. The molecule has 4 bridgehead atoms. The molecular formula is C93H130N2O30. The highest BCUT2D eigenvalue weighted by molar-refractivity contribution is 5.90. The van der Waals surface area contributed by atoms with Crippen molar-refractivity contribution in [1.29, 1.82) is 0 Å². The predicted octanol–water partition coefficient (Wildman–Crippen LogP) is 10.4. The van der Waals surface area contributed by atoms with Gasteiger partial charge >= 0.3 is 59.9 Å². The molecule has 4 aliphatic heterocycles. The lowest BCUT2D eigenvalue weighted by atomic mass is 9.44. The fourth-order valence-electron chi connectivity index (χ4n) is 21.4. The van der Waals surface area contributed by atoms with E-state index in [-0.39, 0.29) is 69.3 Å². The number of nitrogens with one attached hydrogen (secondary N) is 2. The number of ether oxygens (including phenoxy) is 16. The van der Waals surface area contributed by atoms with Gasteiger partial charge in [0.05, 0.1) is 60.5 Å². The van der Waals surface area contributed by atoms with Gasteiger partial charge in [-0.15, -0.1) is 0 Å². The number of hydrogen-bond donors (Lipinski definition) is 6. The Morgan fingerprint density at radius 2 is 0.824 bits per heavy atom. The molecule has 26 atom stereocenters. The fourth-order valence-corrected chi connectivity index (χ4v) is 21.4. The van der Waals surface area contributed by atoms with E-state index in [9.17, 15) is 68.4 Å². The molecule has 2 aromatic rings. The van der Waals surface area contributed by atoms with Crippen LogP contribution in [-0.2, 0) is 105 Å². The molecule has 8 fully saturated rings. The van der Waals surface area contributed by atoms with Gasteiger partial charge in [0.25, 0.3) is 0 Å². The Morgan fingerprint density at radius 3 is 1.10 bits per heavy atom. The van der Waals surface area contributed by atoms with Crippen LogP contribution in [0.1, 0.15) is 219 Å². The fraction of sp³-hybridized carbons (Fsp3) is 0.677. The van der Waals surface area contributed by atoms with E-state index < -0.39 is 250 Å². The maximum absolute atomic E-state index is 14.4. The third kappa shape index (κ3) is 18.4. The quantitative estimate of drug-likeness (QED) is 0.0362. The molecule has 10 aliphatic rings. The lowest BCUT2D eigenvalue weighted by Crippen LogP contribution is -2.83. The lowest BCUT2D eigenvalue weighted by molar-refractivity contribution is -0.405. The van der Waals surface area contributed by atoms with Crippen molar-refractivity contribution < 1.29 is 144 Å². The number of carbonyl (C=O) groups excluding carboxylic acids is 10. The maximum Gasteiger partial charge on any atom is 0.407 e. The highest BCUT2D eigenvalue weighted by Gasteiger charge is 2.82. The Balaban J connectivity index is 0.000000259. The number of rotatable bonds is 22. The average molecular weight is 1760 g/mol. The van der Waals surface area contributed by atoms with Crippen molar-refractivity contribution in [2.75, 3.05) is 13.2 Å². The lowest BCUT2D eigenvalue weighted by Gasteiger charge is -2.71. The monoisotopic (exact) mass is 1750 g/mol. The third-order valence-electron chi connectivity index (χ3n) is 26.9. The van der Waals surface area contributed by atoms with Gasteiger partial charge in [-0.25, -0.2) is 28.8 Å². The van der Waals surface area contributed by atoms with E-state index in [1.165, 1.54) is 39.8 Å². The minimum Gasteiger partial charge on any atom is -0.456 e. The molecule has 12 rings (SSSR count). The molecule has 6 aliphatic carbocycles. The van der Waals surface area contributed by atoms with Crippen LogP contribution in [0.25, 0.3) is 0 Å². The summed E-state index contributed by atoms with van der Waals surface area (Å²) in [6.07, 6.45) is -18.7. The number of fused-ring (bicyclic) bond motifs is 8. The van der Waals surface area contributed by atoms with Gasteiger partial charge < -0.3 is 107 Å². The first-order valence-electron chi connectivity index (χ1n) is 42.6. The second kappa shape index (κ2) is 36.4. The van der Waals surface area contributed by atoms with Crippen molar-refractivity contribution >= 4 is 59.9 Å². The molecule has 6 N–H and O–H groups in total. The Morgan fingerprint density at radius 1 is 0.496 bits per heavy atom. The van der Waals surface area contributed by atoms with Crippen molar-refractivity contribution in [3.05, 3.63) is 119 Å². The molecule has 0 aromatic heterocycles. The van der Waals surface area contributed by atoms with Crippen LogP contribution in [0, 0.1) is 45.3 Å². The summed E-state index contributed by atoms with van der Waals surface area (Å²) in [6, 6.07) is 14.1. The van der Waals surface area contributed by atoms with Gasteiger partial charge in [0, 0.05) is 75.0 Å². The van der Waals surface area contributed by atoms with Crippen LogP contribution in [0.4, 0.5) is 9.59 Å². The first kappa shape index (κ1) is 98.5. The van der Waals surface area contributed by atoms with Crippen molar-refractivity contribution in [3.63, 3.8) is 0 Å². The first-order valence-corrected chi connectivity index (χ1v) is 42.6. The zero-order valence-electron chi connectivity index (χ0n) is 75.1. The minimum absolute atomic E-state index is 0. The summed E-state index contributed by atoms with van der Waals surface area (Å²) in [6.45, 7) is 43.9. The standard InChI is InChI=1S/2C46H63NO15.CH4/c2*1-13-32-58-30-20-31-45(22-55-31,61-26(6)49)36-38(60-39(51)27-17-15-14-16-18-27)46(54)21-29(57-40(52)34(50)28(19-23(2)3)47-41(53)62-42(7,8)9)24(4)33(43(46,10)11)35(56-25(5)48)37(59-32)44(30,36)12;/h2*13-18,23,28-32,34-38,50,54H,1,19-22H2,2-12H3,(H,47,53);1H4/t28-,29-,30-,31+,32?,34+,35-,36-,37-,38-,44+,45-,46+;28-,29-,30-,31+,32?,34-,35-,36-,37-,38-,44+,45-,46+;/m00./s1. The topological polar surface area (TPSA) is 423 Å². The SMILES string of the molecule is C.C=CC1O[C@H]2C[C@H]3OC[C@@]3(OC(C)=O)[C@H]3[C@H](OC(=O)c4ccccc4)[C@]4(O)C[C@H](OC(=O)[C@@H](O)[C@H](CC(C)C)NC(=O)OC(C)(C)C)C(C)=C([C@H](OC(C)=O)[C@H](O1)[C@]23C)C4(C)C.C=CC1O[C@H]2C[C@H]3OC[C@@]3(OC(C)=O)[C@H]3[C@H](OC(=O)c4ccccc4)[C@]4(O)C[C@H](OC(=O)[C@H](O)[C@H](CC(C)C)NC(=O)OC(C)(C)C)C(C)=C([C@H](OC(C)=O)[C@H](O1)[C@]23C)C4(C)C. The molecule has 4 saturated carbocycles. The Labute approximate surface area is 731 Å². The summed E-state index contributed by atoms with van der Waals surface area (Å²) in [5.41, 5.74) is -13.3. The largest absolute Gasteiger partial charge is 0.456 e. The summed E-state index contributed by atoms with van der Waals surface area (Å²) in [4.78, 5) is 136. The number of amides is 2. The molecule has 4 heterocycles. The van der Waals surface area contributed by atoms with Crippen LogP contribution in [-0.4, -0.2) is 237 Å². The van der Waals surface area contributed by atoms with E-state index in [0.717, 1.165) is 0 Å². The Kier molecular flexibility index (Phi) is 28.7. The highest BCUT2D eigenvalue weighted by Crippen LogP contribution is 2.70. The summed E-state index contributed by atoms with van der Waals surface area (Å²) >= 11 is 0. The van der Waals surface area contributed by atoms with Crippen LogP contribution >= 0.6 is 0 Å². The number of carbonyl (C=O) groups is 10. The van der Waals surface area contributed by atoms with Crippen molar-refractivity contribution in [2.24, 2.45) is 45.3 Å². The molecule has 32 nitrogen and oxygen atoms in total. The van der Waals surface area contributed by atoms with E-state index >= 15 is 0 Å². The molecule has 0 radical (unpaired) electrons. The zero-order chi connectivity index (χ0) is 91.8. The molecule has 32 heteroatoms. The Hall–Kier alpha value is -8.70. The van der Waals surface area contributed by atoms with Gasteiger partial charge in [-0.2, -0.15) is 0 Å². The van der Waals surface area contributed by atoms with Gasteiger partial charge in [-0.3, -0.25) is 19.2 Å². The number of aliphatic hydroxyl groups is 4. The second-order valence-electron chi connectivity index (χ2n) is 39.1. The summed E-state index contributed by atoms with van der Waals surface area (Å²) < 4.78 is 100. The number of hydrogen-bond acceptors (Lipinski definition) is 30. The Bertz CT molecular complexity index is 4190. The average Bonchev–Trinajstić information content (AvgIpc) is 0.666. The van der Waals surface area contributed by atoms with Crippen LogP contribution in [0.5, 0.6) is 0 Å². The summed E-state index contributed by atoms with van der Waals surface area (Å²) in [5.74, 6) is -9.13. The van der Waals surface area contributed by atoms with Crippen molar-refractivity contribution in [3.8, 4) is 0 Å². The van der Waals surface area contributed by atoms with Crippen molar-refractivity contribution in [1.82, 2.24) is 10.6 Å². The van der Waals surface area contributed by atoms with Crippen molar-refractivity contribution in [2.45, 2.75) is 342 Å². The normalized spacial score (nSPS) is 35.2. The van der Waals surface area contributed by atoms with Gasteiger partial charge in [-0.1, -0.05) is 126 Å². The number of aliphatic hydroxyl groups excluding tert-OH is 2. The van der Waals surface area contributed by atoms with E-state index in [2.05, 4.69) is 23.8 Å². The molecule has 2 amide bonds. The first-order chi connectivity index (χ1) is 57.6. The second-order valence-corrected chi connectivity index (χ2v) is 39.1. The molecule has 4 saturated heterocycles. The molecule has 692 valence electrons. The number of benzene rings is 2. The molecule has 2 aromatic carbocycles. The van der Waals surface area contributed by atoms with E-state index in [1.54, 1.807) is 144 Å². The van der Waals surface area contributed by atoms with Crippen LogP contribution in [0.2, 0.25) is 0 Å². The van der Waals surface area contributed by atoms with Crippen LogP contribution < -0.4 is 10.6 Å². The smallest absolute Gasteiger partial charge is 0.407 e. The van der Waals surface area contributed by atoms with Crippen LogP contribution in [0.15, 0.2) is 108 Å². The van der Waals surface area contributed by atoms with E-state index in [1.807, 2.05) is 41.5 Å². The predicted molar refractivity (Wildman–Crippen MR) is 447 cm³/mol. The molecule has 125 heavy (non-hydrogen) atoms. The zero-order valence-corrected chi connectivity index (χ0v) is 75.1. The van der Waals surface area contributed by atoms with Gasteiger partial charge in [-0.05, 0) is 139 Å². The minimum atomic E-state index is -2.23. The number of esters is 8. The summed E-state index contributed by atoms with van der Waals surface area (Å²) in [7, 11) is 0. The molecular weight excluding hydrogens is 1630 g/mol. The summed E-state index contributed by atoms with van der Waals surface area (Å²) in [5, 5.41) is 56.2. The van der Waals surface area contributed by atoms with Gasteiger partial charge in [0.2, 0.25) is 0 Å². The van der Waals surface area contributed by atoms with E-state index in [4.69, 9.17) is 75.8 Å². The highest BCUT2D eigenvalue weighted by atomic mass is 16.7. The van der Waals surface area contributed by atoms with Gasteiger partial charge in [0.15, 0.2) is 48.2 Å². The molecule has 2 unspecified atom stereocenters. The van der Waals surface area contributed by atoms with Crippen LogP contribution in [0.3, 0.4) is 0 Å². The van der Waals surface area contributed by atoms with Gasteiger partial charge in [0.1, 0.15) is 71.2 Å². The molecule has 0 spiro atoms. The van der Waals surface area contributed by atoms with E-state index in [0.29, 0.717) is 22.3 Å². The maximum atomic E-state index is 14.4. The third-order valence-corrected chi connectivity index (χ3v) is 26.9.